The molecule has 0 saturated carbocycles. The number of rotatable bonds is 44. The third-order valence-corrected chi connectivity index (χ3v) is 17.0. The van der Waals surface area contributed by atoms with E-state index in [0.717, 1.165) is 31.2 Å². The number of aliphatic carboxylic acids is 2. The first kappa shape index (κ1) is 94.8. The minimum absolute atomic E-state index is 0.0275. The maximum atomic E-state index is 14.4. The molecule has 604 valence electrons. The van der Waals surface area contributed by atoms with Crippen molar-refractivity contribution in [2.45, 2.75) is 173 Å². The number of aliphatic hydroxyl groups excluding tert-OH is 1. The van der Waals surface area contributed by atoms with Gasteiger partial charge in [-0.1, -0.05) is 60.7 Å². The number of carbonyl (C=O) groups is 14. The highest BCUT2D eigenvalue weighted by molar-refractivity contribution is 7.98. The van der Waals surface area contributed by atoms with E-state index in [9.17, 15) is 95.4 Å². The fourth-order valence-electron chi connectivity index (χ4n) is 10.4. The van der Waals surface area contributed by atoms with Crippen LogP contribution in [0, 0.1) is 0 Å². The van der Waals surface area contributed by atoms with Crippen LogP contribution in [0.5, 0.6) is 5.75 Å². The molecule has 0 unspecified atom stereocenters. The maximum absolute atomic E-state index is 14.4. The lowest BCUT2D eigenvalue weighted by molar-refractivity contribution is -0.648. The lowest BCUT2D eigenvalue weighted by atomic mass is 10.0. The molecule has 5 rings (SSSR count). The molecule has 4 aromatic rings. The fraction of sp³-hybridized carbons (Fsp3) is 0.514. The Bertz CT molecular complexity index is 3720. The second-order valence-corrected chi connectivity index (χ2v) is 26.8. The molecule has 0 spiro atoms. The van der Waals surface area contributed by atoms with E-state index in [1.807, 2.05) is 0 Å². The Balaban J connectivity index is 0.00000244. The van der Waals surface area contributed by atoms with Gasteiger partial charge in [-0.25, -0.2) is 8.42 Å². The molecule has 0 radical (unpaired) electrons. The molecule has 1 aromatic heterocycles. The van der Waals surface area contributed by atoms with Gasteiger partial charge in [-0.15, -0.1) is 0 Å². The Labute approximate surface area is 636 Å². The number of hydrogen-bond acceptors (Lipinski definition) is 22. The summed E-state index contributed by atoms with van der Waals surface area (Å²) in [6, 6.07) is 4.21. The molecule has 39 heteroatoms. The van der Waals surface area contributed by atoms with Crippen molar-refractivity contribution >= 4 is 116 Å². The zero-order chi connectivity index (χ0) is 81.8. The van der Waals surface area contributed by atoms with E-state index in [2.05, 4.69) is 120 Å². The molecule has 12 amide bonds. The normalized spacial score (nSPS) is 14.6. The number of H-pyrrole nitrogens is 1. The summed E-state index contributed by atoms with van der Waals surface area (Å²) >= 11 is 1.24. The van der Waals surface area contributed by atoms with Crippen LogP contribution < -0.4 is 95.0 Å². The van der Waals surface area contributed by atoms with Gasteiger partial charge >= 0.3 is 0 Å². The Morgan fingerprint density at radius 2 is 1.05 bits per heavy atom. The number of aliphatic hydroxyl groups is 1. The molecular weight excluding hydrogens is 1460 g/mol. The van der Waals surface area contributed by atoms with Crippen molar-refractivity contribution in [1.29, 1.82) is 0 Å². The fourth-order valence-corrected chi connectivity index (χ4v) is 11.2. The molecule has 109 heavy (non-hydrogen) atoms. The predicted octanol–water partition coefficient (Wildman–Crippen LogP) is -8.76. The van der Waals surface area contributed by atoms with Crippen molar-refractivity contribution in [3.63, 3.8) is 0 Å². The Kier molecular flexibility index (Phi) is 44.4. The molecule has 2 heterocycles. The molecule has 1 fully saturated rings. The van der Waals surface area contributed by atoms with Gasteiger partial charge in [0, 0.05) is 74.0 Å². The molecule has 37 nitrogen and oxygen atoms in total. The highest BCUT2D eigenvalue weighted by Crippen LogP contribution is 2.21. The monoisotopic (exact) mass is 1570 g/mol. The predicted molar refractivity (Wildman–Crippen MR) is 393 cm³/mol. The minimum Gasteiger partial charge on any atom is -0.716 e. The van der Waals surface area contributed by atoms with E-state index < -0.39 is 198 Å². The standard InChI is InChI=1S/C58H73N13O21S2.3C4H11N/c1-29(72)49(71-57(87)40(23-31-12-14-33(15-13-31)92-94(89,90)91)68-56(86)43(26-48(78)79)69-52(82)37(16-18-44(59)73)65-51(81)36-17-19-45(74)63-36)58(88)62-28-46(75)64-41(24-32-27-61-35-11-7-6-10-34(32)35)54(84)66-38(20-21-93-2)53(83)70-42(25-47(76)77)55(85)67-39(50(60)80)22-30-8-4-3-5-9-30;3*1-3-5-4-2/h3-15,27,29,36-43,49,61,72H,16-26,28H2,1-2H3,(H2,59,73)(H2,60,80)(H,62,88)(H,63,74)(H,64,75)(H,65,81)(H,66,84)(H,67,85)(H,68,86)(H,69,82)(H,70,83)(H,71,87)(H,76,77)(H,78,79)(H,89,90,91);3*5H,3-4H2,1-2H3/t29-,36+,37+,38+,39+,40+,41+,42+,43+,49+;;;/m1.../s1. The summed E-state index contributed by atoms with van der Waals surface area (Å²) in [6.07, 6.45) is -3.14. The van der Waals surface area contributed by atoms with Crippen molar-refractivity contribution in [1.82, 2.24) is 58.2 Å². The van der Waals surface area contributed by atoms with Crippen LogP contribution in [-0.2, 0) is 96.8 Å². The number of para-hydroxylation sites is 1. The van der Waals surface area contributed by atoms with E-state index >= 15 is 0 Å². The quantitative estimate of drug-likeness (QED) is 0.0144. The Morgan fingerprint density at radius 1 is 0.587 bits per heavy atom. The summed E-state index contributed by atoms with van der Waals surface area (Å²) in [7, 11) is -5.27. The molecular formula is C70H106N16O21S2. The Morgan fingerprint density at radius 3 is 1.52 bits per heavy atom. The van der Waals surface area contributed by atoms with E-state index in [0.29, 0.717) is 22.0 Å². The number of carboxylic acids is 2. The van der Waals surface area contributed by atoms with Crippen LogP contribution in [0.4, 0.5) is 0 Å². The van der Waals surface area contributed by atoms with Gasteiger partial charge in [0.25, 0.3) is 10.4 Å². The number of carboxylic acid groups (broad SMARTS) is 2. The number of thioether (sulfide) groups is 1. The summed E-state index contributed by atoms with van der Waals surface area (Å²) in [5.74, 6) is -16.8. The van der Waals surface area contributed by atoms with Crippen LogP contribution in [0.25, 0.3) is 10.9 Å². The first-order valence-electron chi connectivity index (χ1n) is 35.6. The van der Waals surface area contributed by atoms with Crippen molar-refractivity contribution in [3.8, 4) is 5.75 Å². The number of aromatic nitrogens is 1. The van der Waals surface area contributed by atoms with Gasteiger partial charge in [0.1, 0.15) is 60.1 Å². The molecule has 1 aliphatic rings. The topological polar surface area (TPSA) is 610 Å². The number of benzene rings is 3. The Hall–Kier alpha value is -10.3. The van der Waals surface area contributed by atoms with Crippen LogP contribution in [0.3, 0.4) is 0 Å². The summed E-state index contributed by atoms with van der Waals surface area (Å²) in [4.78, 5) is 188. The number of hydrogen-bond donors (Lipinski definition) is 17. The van der Waals surface area contributed by atoms with Gasteiger partial charge in [-0.3, -0.25) is 57.5 Å². The van der Waals surface area contributed by atoms with E-state index in [-0.39, 0.29) is 43.4 Å². The van der Waals surface area contributed by atoms with Crippen LogP contribution in [0.1, 0.15) is 110 Å². The lowest BCUT2D eigenvalue weighted by Crippen LogP contribution is -2.82. The number of nitrogens with one attached hydrogen (secondary N) is 11. The number of amides is 12. The number of carbonyl (C=O) groups excluding carboxylic acids is 14. The lowest BCUT2D eigenvalue weighted by Gasteiger charge is -2.28. The smallest absolute Gasteiger partial charge is 0.262 e. The van der Waals surface area contributed by atoms with Crippen LogP contribution in [-0.4, -0.2) is 224 Å². The number of nitrogens with two attached hydrogens (primary N) is 5. The summed E-state index contributed by atoms with van der Waals surface area (Å²) in [5, 5.41) is 65.4. The largest absolute Gasteiger partial charge is 0.716 e. The number of quaternary nitrogens is 3. The number of aromatic amines is 1. The van der Waals surface area contributed by atoms with Crippen LogP contribution in [0.15, 0.2) is 85.1 Å². The van der Waals surface area contributed by atoms with Gasteiger partial charge in [0.15, 0.2) is 0 Å². The number of primary amides is 2. The third-order valence-electron chi connectivity index (χ3n) is 16.0. The molecule has 0 bridgehead atoms. The number of fused-ring (bicyclic) bond motifs is 1. The highest BCUT2D eigenvalue weighted by Gasteiger charge is 2.37. The molecule has 1 saturated heterocycles. The van der Waals surface area contributed by atoms with Crippen molar-refractivity contribution < 1.29 is 116 Å². The average molecular weight is 1570 g/mol. The summed E-state index contributed by atoms with van der Waals surface area (Å²) in [6.45, 7) is 20.3. The first-order chi connectivity index (χ1) is 51.6. The van der Waals surface area contributed by atoms with Crippen LogP contribution in [0.2, 0.25) is 0 Å². The van der Waals surface area contributed by atoms with Gasteiger partial charge in [0.2, 0.25) is 70.9 Å². The summed E-state index contributed by atoms with van der Waals surface area (Å²) < 4.78 is 38.1. The van der Waals surface area contributed by atoms with Gasteiger partial charge in [0.05, 0.1) is 51.9 Å². The molecule has 0 aliphatic carbocycles. The van der Waals surface area contributed by atoms with Crippen molar-refractivity contribution in [2.24, 2.45) is 11.5 Å². The van der Waals surface area contributed by atoms with Gasteiger partial charge in [-0.2, -0.15) is 11.8 Å². The maximum Gasteiger partial charge on any atom is 0.262 e. The third kappa shape index (κ3) is 37.9. The summed E-state index contributed by atoms with van der Waals surface area (Å²) in [5.41, 5.74) is 12.5. The first-order valence-corrected chi connectivity index (χ1v) is 38.3. The van der Waals surface area contributed by atoms with Gasteiger partial charge in [-0.05, 0) is 115 Å². The zero-order valence-electron chi connectivity index (χ0n) is 62.4. The SMILES string of the molecule is CC[NH2+]CC.CC[NH2+]CC.CC[NH2+]CC.CSCC[C@H](NC(=O)[C@H](Cc1c[nH]c2ccccc12)NC(=O)CNC(=O)[C@@H](NC(=O)[C@H](Cc1ccc(OS(=O)(=O)[O-])cc1)NC(=O)[C@H](CC(=O)[O-])NC(=O)[C@H](CCC(N)=O)NC(=O)[C@@H]1CCC(=O)N1)[C@@H](C)O)C(=O)N[C@@H](CC(=O)[O-])C(=O)N[C@@H](Cc1ccccc1)C(N)=O. The minimum atomic E-state index is -5.27. The zero-order valence-corrected chi connectivity index (χ0v) is 64.0. The molecule has 3 aromatic carbocycles. The molecule has 1 aliphatic heterocycles. The van der Waals surface area contributed by atoms with Gasteiger partial charge < -0.3 is 119 Å². The van der Waals surface area contributed by atoms with Crippen molar-refractivity contribution in [2.75, 3.05) is 57.8 Å². The second kappa shape index (κ2) is 51.1. The van der Waals surface area contributed by atoms with E-state index in [1.54, 1.807) is 67.0 Å². The second-order valence-electron chi connectivity index (χ2n) is 24.8. The average Bonchev–Trinajstić information content (AvgIpc) is 1.71. The molecule has 22 N–H and O–H groups in total. The highest BCUT2D eigenvalue weighted by atomic mass is 32.3. The van der Waals surface area contributed by atoms with Crippen LogP contribution >= 0.6 is 11.8 Å². The van der Waals surface area contributed by atoms with Crippen molar-refractivity contribution in [3.05, 3.63) is 102 Å². The van der Waals surface area contributed by atoms with E-state index in [1.165, 1.54) is 51.0 Å². The van der Waals surface area contributed by atoms with E-state index in [4.69, 9.17) is 11.5 Å². The molecule has 10 atom stereocenters.